The average Bonchev–Trinajstić information content (AvgIpc) is 2.84. The van der Waals surface area contributed by atoms with E-state index in [-0.39, 0.29) is 11.7 Å². The minimum absolute atomic E-state index is 0.0139. The van der Waals surface area contributed by atoms with Crippen LogP contribution in [0.2, 0.25) is 0 Å². The summed E-state index contributed by atoms with van der Waals surface area (Å²) in [5.74, 6) is -0.0172. The Hall–Kier alpha value is -3.79. The largest absolute Gasteiger partial charge is 0.352 e. The summed E-state index contributed by atoms with van der Waals surface area (Å²) in [5, 5.41) is 3.97. The summed E-state index contributed by atoms with van der Waals surface area (Å²) >= 11 is 0. The number of aryl methyl sites for hydroxylation is 1. The van der Waals surface area contributed by atoms with Crippen LogP contribution >= 0.6 is 0 Å². The van der Waals surface area contributed by atoms with Crippen LogP contribution in [0.4, 0.5) is 0 Å². The van der Waals surface area contributed by atoms with Crippen LogP contribution in [0, 0.1) is 6.92 Å². The number of unbranched alkanes of at least 4 members (excludes halogenated alkanes) is 1. The highest BCUT2D eigenvalue weighted by atomic mass is 16.1. The summed E-state index contributed by atoms with van der Waals surface area (Å²) in [4.78, 5) is 29.5. The zero-order chi connectivity index (χ0) is 24.1. The number of aromatic nitrogens is 1. The van der Waals surface area contributed by atoms with E-state index in [1.807, 2.05) is 49.4 Å². The number of ketones is 1. The topological polar surface area (TPSA) is 59.1 Å². The fourth-order valence-corrected chi connectivity index (χ4v) is 4.29. The standard InChI is InChI=1S/C30H30N2O2/c1-4-5-15-31-30(34)25-13-11-23(16-20(25)2)24-12-14-29-27(18-24)26(28(19-32-29)21(3)33)17-22-9-7-6-8-10-22/h6-14,16,18-19H,4-5,15,17H2,1-3H3,(H,31,34). The summed E-state index contributed by atoms with van der Waals surface area (Å²) in [5.41, 5.74) is 7.37. The number of carbonyl (C=O) groups excluding carboxylic acids is 2. The van der Waals surface area contributed by atoms with E-state index in [4.69, 9.17) is 0 Å². The molecule has 1 aromatic heterocycles. The first-order chi connectivity index (χ1) is 16.5. The molecule has 0 bridgehead atoms. The van der Waals surface area contributed by atoms with Crippen molar-refractivity contribution >= 4 is 22.6 Å². The van der Waals surface area contributed by atoms with E-state index < -0.39 is 0 Å². The van der Waals surface area contributed by atoms with Gasteiger partial charge in [0, 0.05) is 29.3 Å². The van der Waals surface area contributed by atoms with Crippen LogP contribution in [-0.2, 0) is 6.42 Å². The quantitative estimate of drug-likeness (QED) is 0.245. The van der Waals surface area contributed by atoms with Crippen molar-refractivity contribution in [1.82, 2.24) is 10.3 Å². The Kier molecular flexibility index (Phi) is 7.17. The van der Waals surface area contributed by atoms with Gasteiger partial charge in [-0.25, -0.2) is 0 Å². The van der Waals surface area contributed by atoms with E-state index in [0.29, 0.717) is 24.1 Å². The Morgan fingerprint density at radius 1 is 0.912 bits per heavy atom. The molecule has 4 aromatic rings. The fraction of sp³-hybridized carbons (Fsp3) is 0.233. The van der Waals surface area contributed by atoms with Crippen LogP contribution < -0.4 is 5.32 Å². The van der Waals surface area contributed by atoms with Crippen molar-refractivity contribution in [3.63, 3.8) is 0 Å². The fourth-order valence-electron chi connectivity index (χ4n) is 4.29. The zero-order valence-electron chi connectivity index (χ0n) is 20.0. The highest BCUT2D eigenvalue weighted by molar-refractivity contribution is 6.01. The first kappa shape index (κ1) is 23.4. The van der Waals surface area contributed by atoms with Crippen LogP contribution in [-0.4, -0.2) is 23.2 Å². The van der Waals surface area contributed by atoms with Gasteiger partial charge in [-0.05, 0) is 72.7 Å². The van der Waals surface area contributed by atoms with Crippen molar-refractivity contribution in [2.75, 3.05) is 6.54 Å². The molecule has 1 amide bonds. The molecular weight excluding hydrogens is 420 g/mol. The number of nitrogens with one attached hydrogen (secondary N) is 1. The third-order valence-corrected chi connectivity index (χ3v) is 6.20. The van der Waals surface area contributed by atoms with Crippen molar-refractivity contribution in [3.8, 4) is 11.1 Å². The monoisotopic (exact) mass is 450 g/mol. The predicted molar refractivity (Wildman–Crippen MR) is 138 cm³/mol. The molecule has 34 heavy (non-hydrogen) atoms. The molecule has 0 aliphatic carbocycles. The number of Topliss-reactive ketones (excluding diaryl/α,β-unsaturated/α-hetero) is 1. The van der Waals surface area contributed by atoms with E-state index in [1.54, 1.807) is 13.1 Å². The minimum Gasteiger partial charge on any atom is -0.352 e. The molecule has 4 rings (SSSR count). The first-order valence-electron chi connectivity index (χ1n) is 11.8. The van der Waals surface area contributed by atoms with E-state index in [0.717, 1.165) is 51.6 Å². The Morgan fingerprint density at radius 2 is 1.65 bits per heavy atom. The van der Waals surface area contributed by atoms with Gasteiger partial charge in [0.05, 0.1) is 5.52 Å². The number of hydrogen-bond acceptors (Lipinski definition) is 3. The van der Waals surface area contributed by atoms with Crippen molar-refractivity contribution in [3.05, 3.63) is 101 Å². The maximum atomic E-state index is 12.5. The molecule has 0 unspecified atom stereocenters. The summed E-state index contributed by atoms with van der Waals surface area (Å²) < 4.78 is 0. The molecule has 0 spiro atoms. The van der Waals surface area contributed by atoms with Crippen LogP contribution in [0.3, 0.4) is 0 Å². The summed E-state index contributed by atoms with van der Waals surface area (Å²) in [6, 6.07) is 22.3. The molecule has 1 N–H and O–H groups in total. The number of carbonyl (C=O) groups is 2. The lowest BCUT2D eigenvalue weighted by molar-refractivity contribution is 0.0951. The minimum atomic E-state index is -0.0311. The number of benzene rings is 3. The van der Waals surface area contributed by atoms with Crippen LogP contribution in [0.25, 0.3) is 22.0 Å². The molecule has 0 radical (unpaired) electrons. The van der Waals surface area contributed by atoms with Crippen LogP contribution in [0.15, 0.2) is 72.9 Å². The first-order valence-corrected chi connectivity index (χ1v) is 11.8. The molecule has 4 nitrogen and oxygen atoms in total. The highest BCUT2D eigenvalue weighted by Gasteiger charge is 2.15. The zero-order valence-corrected chi connectivity index (χ0v) is 20.0. The van der Waals surface area contributed by atoms with E-state index in [1.165, 1.54) is 0 Å². The SMILES string of the molecule is CCCCNC(=O)c1ccc(-c2ccc3ncc(C(C)=O)c(Cc4ccccc4)c3c2)cc1C. The normalized spacial score (nSPS) is 10.9. The second-order valence-electron chi connectivity index (χ2n) is 8.74. The third-order valence-electron chi connectivity index (χ3n) is 6.20. The van der Waals surface area contributed by atoms with Gasteiger partial charge in [-0.15, -0.1) is 0 Å². The van der Waals surface area contributed by atoms with Gasteiger partial charge in [0.25, 0.3) is 5.91 Å². The van der Waals surface area contributed by atoms with Gasteiger partial charge in [-0.2, -0.15) is 0 Å². The van der Waals surface area contributed by atoms with E-state index >= 15 is 0 Å². The van der Waals surface area contributed by atoms with Gasteiger partial charge in [-0.1, -0.05) is 61.9 Å². The smallest absolute Gasteiger partial charge is 0.251 e. The van der Waals surface area contributed by atoms with Gasteiger partial charge < -0.3 is 5.32 Å². The molecule has 0 aliphatic rings. The van der Waals surface area contributed by atoms with Crippen molar-refractivity contribution in [2.24, 2.45) is 0 Å². The van der Waals surface area contributed by atoms with Crippen LogP contribution in [0.1, 0.15) is 64.1 Å². The molecule has 172 valence electrons. The number of rotatable bonds is 8. The lowest BCUT2D eigenvalue weighted by Crippen LogP contribution is -2.25. The van der Waals surface area contributed by atoms with Crippen molar-refractivity contribution in [2.45, 2.75) is 40.0 Å². The van der Waals surface area contributed by atoms with Crippen LogP contribution in [0.5, 0.6) is 0 Å². The van der Waals surface area contributed by atoms with E-state index in [9.17, 15) is 9.59 Å². The molecule has 0 saturated carbocycles. The Labute approximate surface area is 201 Å². The second-order valence-corrected chi connectivity index (χ2v) is 8.74. The Bertz CT molecular complexity index is 1340. The lowest BCUT2D eigenvalue weighted by Gasteiger charge is -2.14. The molecule has 0 fully saturated rings. The molecule has 0 atom stereocenters. The maximum Gasteiger partial charge on any atom is 0.251 e. The number of hydrogen-bond donors (Lipinski definition) is 1. The van der Waals surface area contributed by atoms with E-state index in [2.05, 4.69) is 41.5 Å². The molecule has 0 saturated heterocycles. The lowest BCUT2D eigenvalue weighted by atomic mass is 9.92. The third kappa shape index (κ3) is 5.07. The predicted octanol–water partition coefficient (Wildman–Crippen LogP) is 6.53. The second kappa shape index (κ2) is 10.4. The number of nitrogens with zero attached hydrogens (tertiary/aromatic N) is 1. The Morgan fingerprint density at radius 3 is 2.35 bits per heavy atom. The highest BCUT2D eigenvalue weighted by Crippen LogP contribution is 2.30. The molecule has 0 aliphatic heterocycles. The van der Waals surface area contributed by atoms with Gasteiger partial charge >= 0.3 is 0 Å². The number of fused-ring (bicyclic) bond motifs is 1. The molecule has 1 heterocycles. The van der Waals surface area contributed by atoms with Gasteiger partial charge in [0.1, 0.15) is 0 Å². The molecular formula is C30H30N2O2. The Balaban J connectivity index is 1.74. The van der Waals surface area contributed by atoms with Gasteiger partial charge in [-0.3, -0.25) is 14.6 Å². The maximum absolute atomic E-state index is 12.5. The van der Waals surface area contributed by atoms with Gasteiger partial charge in [0.15, 0.2) is 5.78 Å². The summed E-state index contributed by atoms with van der Waals surface area (Å²) in [6.45, 7) is 6.36. The number of pyridine rings is 1. The average molecular weight is 451 g/mol. The molecule has 3 aromatic carbocycles. The summed E-state index contributed by atoms with van der Waals surface area (Å²) in [7, 11) is 0. The van der Waals surface area contributed by atoms with Crippen molar-refractivity contribution < 1.29 is 9.59 Å². The molecule has 4 heteroatoms. The van der Waals surface area contributed by atoms with Gasteiger partial charge in [0.2, 0.25) is 0 Å². The van der Waals surface area contributed by atoms with Crippen molar-refractivity contribution in [1.29, 1.82) is 0 Å². The number of amides is 1. The summed E-state index contributed by atoms with van der Waals surface area (Å²) in [6.07, 6.45) is 4.38.